The highest BCUT2D eigenvalue weighted by atomic mass is 79.9. The van der Waals surface area contributed by atoms with Crippen molar-refractivity contribution in [2.45, 2.75) is 6.42 Å². The lowest BCUT2D eigenvalue weighted by Gasteiger charge is -2.34. The Bertz CT molecular complexity index is 463. The maximum absolute atomic E-state index is 12.5. The summed E-state index contributed by atoms with van der Waals surface area (Å²) in [5.41, 5.74) is 0.780. The van der Waals surface area contributed by atoms with Crippen LogP contribution in [0.25, 0.3) is 0 Å². The van der Waals surface area contributed by atoms with Crippen molar-refractivity contribution in [3.05, 3.63) is 34.3 Å². The minimum Gasteiger partial charge on any atom is -0.338 e. The number of hydrogen-bond acceptors (Lipinski definition) is 2. The molecule has 2 aliphatic rings. The van der Waals surface area contributed by atoms with Crippen LogP contribution in [-0.4, -0.2) is 37.0 Å². The molecule has 3 nitrogen and oxygen atoms in total. The van der Waals surface area contributed by atoms with E-state index in [0.717, 1.165) is 48.6 Å². The van der Waals surface area contributed by atoms with Crippen LogP contribution in [0.3, 0.4) is 0 Å². The summed E-state index contributed by atoms with van der Waals surface area (Å²) in [6.07, 6.45) is 1.13. The van der Waals surface area contributed by atoms with Crippen LogP contribution in [0.15, 0.2) is 28.7 Å². The fourth-order valence-electron chi connectivity index (χ4n) is 3.02. The zero-order valence-corrected chi connectivity index (χ0v) is 11.8. The van der Waals surface area contributed by atoms with Gasteiger partial charge in [-0.15, -0.1) is 0 Å². The number of carbonyl (C=O) groups excluding carboxylic acids is 1. The van der Waals surface area contributed by atoms with E-state index in [2.05, 4.69) is 21.2 Å². The number of likely N-dealkylation sites (tertiary alicyclic amines) is 1. The second-order valence-corrected chi connectivity index (χ2v) is 6.05. The molecule has 2 saturated heterocycles. The minimum atomic E-state index is 0.160. The van der Waals surface area contributed by atoms with Crippen molar-refractivity contribution in [1.82, 2.24) is 10.2 Å². The molecule has 2 aliphatic heterocycles. The van der Waals surface area contributed by atoms with Crippen LogP contribution < -0.4 is 5.32 Å². The standard InChI is InChI=1S/C14H17BrN2O/c15-13-4-2-1-3-12(13)14(18)17-6-5-10-7-16-8-11(10)9-17/h1-4,10-11,16H,5-9H2. The molecular weight excluding hydrogens is 292 g/mol. The van der Waals surface area contributed by atoms with E-state index < -0.39 is 0 Å². The number of halogens is 1. The molecule has 0 saturated carbocycles. The van der Waals surface area contributed by atoms with Gasteiger partial charge < -0.3 is 10.2 Å². The van der Waals surface area contributed by atoms with Gasteiger partial charge in [-0.05, 0) is 59.4 Å². The summed E-state index contributed by atoms with van der Waals surface area (Å²) in [5, 5.41) is 3.43. The fourth-order valence-corrected chi connectivity index (χ4v) is 3.48. The van der Waals surface area contributed by atoms with Crippen molar-refractivity contribution in [3.8, 4) is 0 Å². The minimum absolute atomic E-state index is 0.160. The summed E-state index contributed by atoms with van der Waals surface area (Å²) in [6.45, 7) is 3.98. The molecule has 2 unspecified atom stereocenters. The fraction of sp³-hybridized carbons (Fsp3) is 0.500. The maximum atomic E-state index is 12.5. The highest BCUT2D eigenvalue weighted by Crippen LogP contribution is 2.28. The number of nitrogens with zero attached hydrogens (tertiary/aromatic N) is 1. The van der Waals surface area contributed by atoms with Crippen molar-refractivity contribution in [1.29, 1.82) is 0 Å². The Hall–Kier alpha value is -0.870. The second-order valence-electron chi connectivity index (χ2n) is 5.20. The molecule has 2 heterocycles. The number of hydrogen-bond donors (Lipinski definition) is 1. The van der Waals surface area contributed by atoms with E-state index >= 15 is 0 Å². The summed E-state index contributed by atoms with van der Waals surface area (Å²) in [7, 11) is 0. The average Bonchev–Trinajstić information content (AvgIpc) is 2.85. The van der Waals surface area contributed by atoms with Gasteiger partial charge >= 0.3 is 0 Å². The van der Waals surface area contributed by atoms with Crippen LogP contribution in [0, 0.1) is 11.8 Å². The molecule has 0 spiro atoms. The van der Waals surface area contributed by atoms with Crippen LogP contribution in [-0.2, 0) is 0 Å². The van der Waals surface area contributed by atoms with Crippen LogP contribution in [0.5, 0.6) is 0 Å². The quantitative estimate of drug-likeness (QED) is 0.862. The van der Waals surface area contributed by atoms with E-state index in [9.17, 15) is 4.79 Å². The molecule has 1 aromatic rings. The summed E-state index contributed by atoms with van der Waals surface area (Å²) >= 11 is 3.46. The summed E-state index contributed by atoms with van der Waals surface area (Å²) < 4.78 is 0.890. The van der Waals surface area contributed by atoms with Crippen molar-refractivity contribution in [2.24, 2.45) is 11.8 Å². The summed E-state index contributed by atoms with van der Waals surface area (Å²) in [4.78, 5) is 14.5. The smallest absolute Gasteiger partial charge is 0.255 e. The molecule has 2 fully saturated rings. The van der Waals surface area contributed by atoms with Crippen molar-refractivity contribution in [2.75, 3.05) is 26.2 Å². The first kappa shape index (κ1) is 12.2. The Kier molecular flexibility index (Phi) is 3.39. The summed E-state index contributed by atoms with van der Waals surface area (Å²) in [6, 6.07) is 7.68. The Morgan fingerprint density at radius 3 is 2.89 bits per heavy atom. The maximum Gasteiger partial charge on any atom is 0.255 e. The number of carbonyl (C=O) groups is 1. The van der Waals surface area contributed by atoms with Crippen LogP contribution in [0.4, 0.5) is 0 Å². The predicted molar refractivity (Wildman–Crippen MR) is 74.5 cm³/mol. The molecule has 1 N–H and O–H groups in total. The molecule has 1 aromatic carbocycles. The lowest BCUT2D eigenvalue weighted by molar-refractivity contribution is 0.0641. The number of benzene rings is 1. The predicted octanol–water partition coefficient (Wildman–Crippen LogP) is 2.13. The van der Waals surface area contributed by atoms with Gasteiger partial charge in [0.15, 0.2) is 0 Å². The molecular formula is C14H17BrN2O. The second kappa shape index (κ2) is 5.02. The van der Waals surface area contributed by atoms with Gasteiger partial charge in [-0.25, -0.2) is 0 Å². The number of nitrogens with one attached hydrogen (secondary N) is 1. The monoisotopic (exact) mass is 308 g/mol. The van der Waals surface area contributed by atoms with E-state index in [1.54, 1.807) is 0 Å². The first-order valence-electron chi connectivity index (χ1n) is 6.50. The number of amides is 1. The molecule has 0 radical (unpaired) electrons. The van der Waals surface area contributed by atoms with Gasteiger partial charge in [0.2, 0.25) is 0 Å². The molecule has 1 amide bonds. The number of fused-ring (bicyclic) bond motifs is 1. The molecule has 0 aromatic heterocycles. The van der Waals surface area contributed by atoms with E-state index in [4.69, 9.17) is 0 Å². The van der Waals surface area contributed by atoms with Crippen molar-refractivity contribution >= 4 is 21.8 Å². The van der Waals surface area contributed by atoms with Crippen molar-refractivity contribution in [3.63, 3.8) is 0 Å². The molecule has 2 atom stereocenters. The first-order valence-corrected chi connectivity index (χ1v) is 7.29. The van der Waals surface area contributed by atoms with Gasteiger partial charge in [-0.3, -0.25) is 4.79 Å². The molecule has 0 bridgehead atoms. The lowest BCUT2D eigenvalue weighted by Crippen LogP contribution is -2.43. The van der Waals surface area contributed by atoms with E-state index in [0.29, 0.717) is 5.92 Å². The third-order valence-corrected chi connectivity index (χ3v) is 4.79. The SMILES string of the molecule is O=C(c1ccccc1Br)N1CCC2CNCC2C1. The van der Waals surface area contributed by atoms with Crippen LogP contribution in [0.1, 0.15) is 16.8 Å². The first-order chi connectivity index (χ1) is 8.75. The number of rotatable bonds is 1. The molecule has 18 heavy (non-hydrogen) atoms. The third-order valence-electron chi connectivity index (χ3n) is 4.10. The van der Waals surface area contributed by atoms with Gasteiger partial charge in [0.1, 0.15) is 0 Å². The zero-order valence-electron chi connectivity index (χ0n) is 10.2. The van der Waals surface area contributed by atoms with Crippen molar-refractivity contribution < 1.29 is 4.79 Å². The van der Waals surface area contributed by atoms with Gasteiger partial charge in [0.05, 0.1) is 5.56 Å². The topological polar surface area (TPSA) is 32.3 Å². The average molecular weight is 309 g/mol. The van der Waals surface area contributed by atoms with Crippen LogP contribution in [0.2, 0.25) is 0 Å². The Morgan fingerprint density at radius 1 is 1.28 bits per heavy atom. The normalized spacial score (nSPS) is 27.1. The van der Waals surface area contributed by atoms with E-state index in [1.807, 2.05) is 29.2 Å². The summed E-state index contributed by atoms with van der Waals surface area (Å²) in [5.74, 6) is 1.58. The molecule has 4 heteroatoms. The van der Waals surface area contributed by atoms with Gasteiger partial charge in [-0.1, -0.05) is 12.1 Å². The Labute approximate surface area is 116 Å². The van der Waals surface area contributed by atoms with E-state index in [-0.39, 0.29) is 5.91 Å². The van der Waals surface area contributed by atoms with E-state index in [1.165, 1.54) is 0 Å². The highest BCUT2D eigenvalue weighted by Gasteiger charge is 2.34. The Morgan fingerprint density at radius 2 is 2.06 bits per heavy atom. The van der Waals surface area contributed by atoms with Crippen LogP contribution >= 0.6 is 15.9 Å². The third kappa shape index (κ3) is 2.19. The van der Waals surface area contributed by atoms with Gasteiger partial charge in [0, 0.05) is 17.6 Å². The molecule has 3 rings (SSSR count). The molecule has 96 valence electrons. The van der Waals surface area contributed by atoms with Gasteiger partial charge in [0.25, 0.3) is 5.91 Å². The zero-order chi connectivity index (χ0) is 12.5. The Balaban J connectivity index is 1.75. The molecule has 0 aliphatic carbocycles. The number of piperidine rings is 1. The van der Waals surface area contributed by atoms with Gasteiger partial charge in [-0.2, -0.15) is 0 Å². The lowest BCUT2D eigenvalue weighted by atomic mass is 9.88. The largest absolute Gasteiger partial charge is 0.338 e. The highest BCUT2D eigenvalue weighted by molar-refractivity contribution is 9.10.